The summed E-state index contributed by atoms with van der Waals surface area (Å²) in [6.45, 7) is 1.87. The molecule has 3 heterocycles. The zero-order valence-corrected chi connectivity index (χ0v) is 12.3. The molecule has 1 aliphatic rings. The van der Waals surface area contributed by atoms with Gasteiger partial charge in [0.15, 0.2) is 5.13 Å². The van der Waals surface area contributed by atoms with Crippen LogP contribution in [0.3, 0.4) is 0 Å². The van der Waals surface area contributed by atoms with E-state index in [2.05, 4.69) is 27.2 Å². The standard InChI is InChI=1S/C14H13N5OS/c1-19-5-4-11-12(8-19)21-14(17-11)18-13(20)9-2-3-10(6-15)16-7-9/h2-3,7H,4-5,8H2,1H3,(H,17,18,20). The van der Waals surface area contributed by atoms with Gasteiger partial charge in [-0.05, 0) is 19.2 Å². The summed E-state index contributed by atoms with van der Waals surface area (Å²) in [5.41, 5.74) is 1.78. The molecule has 0 radical (unpaired) electrons. The maximum atomic E-state index is 12.1. The van der Waals surface area contributed by atoms with Crippen LogP contribution in [0.25, 0.3) is 0 Å². The normalized spacial score (nSPS) is 14.3. The topological polar surface area (TPSA) is 81.9 Å². The van der Waals surface area contributed by atoms with E-state index in [4.69, 9.17) is 5.26 Å². The number of rotatable bonds is 2. The van der Waals surface area contributed by atoms with Crippen LogP contribution in [0, 0.1) is 11.3 Å². The first-order valence-corrected chi connectivity index (χ1v) is 7.32. The van der Waals surface area contributed by atoms with Crippen molar-refractivity contribution in [2.45, 2.75) is 13.0 Å². The van der Waals surface area contributed by atoms with Crippen molar-refractivity contribution in [3.8, 4) is 6.07 Å². The van der Waals surface area contributed by atoms with Gasteiger partial charge in [-0.25, -0.2) is 9.97 Å². The molecular formula is C14H13N5OS. The van der Waals surface area contributed by atoms with Crippen molar-refractivity contribution in [2.75, 3.05) is 18.9 Å². The first-order valence-electron chi connectivity index (χ1n) is 6.50. The molecule has 21 heavy (non-hydrogen) atoms. The molecule has 0 fully saturated rings. The molecule has 7 heteroatoms. The largest absolute Gasteiger partial charge is 0.301 e. The Balaban J connectivity index is 1.74. The summed E-state index contributed by atoms with van der Waals surface area (Å²) in [6, 6.07) is 5.03. The van der Waals surface area contributed by atoms with Crippen molar-refractivity contribution in [3.63, 3.8) is 0 Å². The average molecular weight is 299 g/mol. The van der Waals surface area contributed by atoms with E-state index in [1.807, 2.05) is 6.07 Å². The minimum Gasteiger partial charge on any atom is -0.301 e. The Morgan fingerprint density at radius 2 is 2.38 bits per heavy atom. The Morgan fingerprint density at radius 1 is 1.52 bits per heavy atom. The van der Waals surface area contributed by atoms with Crippen LogP contribution in [-0.2, 0) is 13.0 Å². The summed E-state index contributed by atoms with van der Waals surface area (Å²) in [5.74, 6) is -0.258. The number of nitrogens with zero attached hydrogens (tertiary/aromatic N) is 4. The predicted molar refractivity (Wildman–Crippen MR) is 79.1 cm³/mol. The third-order valence-electron chi connectivity index (χ3n) is 3.28. The van der Waals surface area contributed by atoms with Crippen LogP contribution in [-0.4, -0.2) is 34.4 Å². The van der Waals surface area contributed by atoms with Crippen molar-refractivity contribution in [1.29, 1.82) is 5.26 Å². The fourth-order valence-electron chi connectivity index (χ4n) is 2.14. The first-order chi connectivity index (χ1) is 10.2. The van der Waals surface area contributed by atoms with E-state index >= 15 is 0 Å². The number of anilines is 1. The number of amides is 1. The molecular weight excluding hydrogens is 286 g/mol. The molecule has 3 rings (SSSR count). The maximum Gasteiger partial charge on any atom is 0.259 e. The molecule has 106 valence electrons. The van der Waals surface area contributed by atoms with Gasteiger partial charge in [-0.2, -0.15) is 5.26 Å². The number of hydrogen-bond donors (Lipinski definition) is 1. The molecule has 0 spiro atoms. The van der Waals surface area contributed by atoms with E-state index in [-0.39, 0.29) is 5.91 Å². The number of carbonyl (C=O) groups excluding carboxylic acids is 1. The zero-order valence-electron chi connectivity index (χ0n) is 11.5. The van der Waals surface area contributed by atoms with Gasteiger partial charge in [0.1, 0.15) is 11.8 Å². The Hall–Kier alpha value is -2.30. The lowest BCUT2D eigenvalue weighted by Crippen LogP contribution is -2.25. The van der Waals surface area contributed by atoms with Crippen LogP contribution < -0.4 is 5.32 Å². The Kier molecular flexibility index (Phi) is 3.64. The SMILES string of the molecule is CN1CCc2nc(NC(=O)c3ccc(C#N)nc3)sc2C1. The van der Waals surface area contributed by atoms with Crippen LogP contribution in [0.4, 0.5) is 5.13 Å². The molecule has 0 unspecified atom stereocenters. The number of aromatic nitrogens is 2. The summed E-state index contributed by atoms with van der Waals surface area (Å²) in [6.07, 6.45) is 2.31. The Morgan fingerprint density at radius 3 is 3.10 bits per heavy atom. The van der Waals surface area contributed by atoms with Gasteiger partial charge in [-0.3, -0.25) is 10.1 Å². The van der Waals surface area contributed by atoms with E-state index in [9.17, 15) is 4.79 Å². The lowest BCUT2D eigenvalue weighted by atomic mass is 10.2. The molecule has 0 aliphatic carbocycles. The Bertz CT molecular complexity index is 716. The molecule has 0 bridgehead atoms. The van der Waals surface area contributed by atoms with Crippen molar-refractivity contribution >= 4 is 22.4 Å². The summed E-state index contributed by atoms with van der Waals surface area (Å²) in [5, 5.41) is 12.1. The summed E-state index contributed by atoms with van der Waals surface area (Å²) in [7, 11) is 2.07. The zero-order chi connectivity index (χ0) is 14.8. The lowest BCUT2D eigenvalue weighted by molar-refractivity contribution is 0.102. The number of fused-ring (bicyclic) bond motifs is 1. The first kappa shape index (κ1) is 13.7. The second-order valence-electron chi connectivity index (χ2n) is 4.87. The van der Waals surface area contributed by atoms with Crippen molar-refractivity contribution in [1.82, 2.24) is 14.9 Å². The van der Waals surface area contributed by atoms with Crippen molar-refractivity contribution in [2.24, 2.45) is 0 Å². The fourth-order valence-corrected chi connectivity index (χ4v) is 3.22. The van der Waals surface area contributed by atoms with Crippen molar-refractivity contribution in [3.05, 3.63) is 40.2 Å². The van der Waals surface area contributed by atoms with Crippen molar-refractivity contribution < 1.29 is 4.79 Å². The smallest absolute Gasteiger partial charge is 0.259 e. The number of nitriles is 1. The average Bonchev–Trinajstić information content (AvgIpc) is 2.88. The third-order valence-corrected chi connectivity index (χ3v) is 4.28. The van der Waals surface area contributed by atoms with Gasteiger partial charge in [0.2, 0.25) is 0 Å². The molecule has 0 atom stereocenters. The highest BCUT2D eigenvalue weighted by atomic mass is 32.1. The number of hydrogen-bond acceptors (Lipinski definition) is 6. The van der Waals surface area contributed by atoms with Gasteiger partial charge in [0.05, 0.1) is 11.3 Å². The lowest BCUT2D eigenvalue weighted by Gasteiger charge is -2.20. The highest BCUT2D eigenvalue weighted by molar-refractivity contribution is 7.15. The second kappa shape index (κ2) is 5.60. The van der Waals surface area contributed by atoms with Crippen LogP contribution in [0.1, 0.15) is 26.6 Å². The minimum atomic E-state index is -0.258. The monoisotopic (exact) mass is 299 g/mol. The summed E-state index contributed by atoms with van der Waals surface area (Å²) >= 11 is 1.51. The predicted octanol–water partition coefficient (Wildman–Crippen LogP) is 1.65. The Labute approximate surface area is 126 Å². The molecule has 6 nitrogen and oxygen atoms in total. The van der Waals surface area contributed by atoms with Gasteiger partial charge in [0, 0.05) is 30.6 Å². The molecule has 0 aromatic carbocycles. The molecule has 1 N–H and O–H groups in total. The third kappa shape index (κ3) is 2.91. The maximum absolute atomic E-state index is 12.1. The highest BCUT2D eigenvalue weighted by Crippen LogP contribution is 2.27. The number of carbonyl (C=O) groups is 1. The van der Waals surface area contributed by atoms with Gasteiger partial charge in [0.25, 0.3) is 5.91 Å². The van der Waals surface area contributed by atoms with Gasteiger partial charge in [-0.1, -0.05) is 0 Å². The highest BCUT2D eigenvalue weighted by Gasteiger charge is 2.19. The quantitative estimate of drug-likeness (QED) is 0.911. The molecule has 1 amide bonds. The van der Waals surface area contributed by atoms with E-state index in [0.29, 0.717) is 16.4 Å². The molecule has 1 aliphatic heterocycles. The minimum absolute atomic E-state index is 0.258. The van der Waals surface area contributed by atoms with Gasteiger partial charge >= 0.3 is 0 Å². The number of nitrogens with one attached hydrogen (secondary N) is 1. The van der Waals surface area contributed by atoms with Gasteiger partial charge in [-0.15, -0.1) is 11.3 Å². The van der Waals surface area contributed by atoms with Crippen LogP contribution >= 0.6 is 11.3 Å². The van der Waals surface area contributed by atoms with Crippen LogP contribution in [0.5, 0.6) is 0 Å². The summed E-state index contributed by atoms with van der Waals surface area (Å²) < 4.78 is 0. The van der Waals surface area contributed by atoms with E-state index in [1.165, 1.54) is 28.5 Å². The fraction of sp³-hybridized carbons (Fsp3) is 0.286. The number of thiazole rings is 1. The molecule has 2 aromatic rings. The van der Waals surface area contributed by atoms with Gasteiger partial charge < -0.3 is 4.90 Å². The molecule has 0 saturated carbocycles. The second-order valence-corrected chi connectivity index (χ2v) is 5.96. The van der Waals surface area contributed by atoms with Crippen LogP contribution in [0.2, 0.25) is 0 Å². The van der Waals surface area contributed by atoms with E-state index < -0.39 is 0 Å². The van der Waals surface area contributed by atoms with Crippen LogP contribution in [0.15, 0.2) is 18.3 Å². The van der Waals surface area contributed by atoms with E-state index in [1.54, 1.807) is 6.07 Å². The molecule has 2 aromatic heterocycles. The summed E-state index contributed by atoms with van der Waals surface area (Å²) in [4.78, 5) is 23.9. The number of pyridine rings is 1. The molecule has 0 saturated heterocycles. The number of likely N-dealkylation sites (N-methyl/N-ethyl adjacent to an activating group) is 1. The van der Waals surface area contributed by atoms with E-state index in [0.717, 1.165) is 25.2 Å².